The van der Waals surface area contributed by atoms with Crippen molar-refractivity contribution in [1.82, 2.24) is 55.6 Å². The predicted molar refractivity (Wildman–Crippen MR) is 532 cm³/mol. The highest BCUT2D eigenvalue weighted by Gasteiger charge is 2.49. The number of piperidine rings is 1. The molecule has 6 atom stereocenters. The molecule has 21 heteroatoms. The van der Waals surface area contributed by atoms with Gasteiger partial charge in [0.15, 0.2) is 9.84 Å². The van der Waals surface area contributed by atoms with E-state index in [1.54, 1.807) is 0 Å². The van der Waals surface area contributed by atoms with Gasteiger partial charge in [-0.1, -0.05) is 194 Å². The van der Waals surface area contributed by atoms with Crippen molar-refractivity contribution in [3.63, 3.8) is 0 Å². The van der Waals surface area contributed by atoms with Gasteiger partial charge in [-0.2, -0.15) is 0 Å². The predicted octanol–water partition coefficient (Wildman–Crippen LogP) is 17.1. The fourth-order valence-electron chi connectivity index (χ4n) is 20.1. The fourth-order valence-corrected chi connectivity index (χ4v) is 21.4. The first-order valence-corrected chi connectivity index (χ1v) is 53.6. The number of nitrogens with zero attached hydrogens (tertiary/aromatic N) is 7. The molecule has 4 N–H and O–H groups in total. The van der Waals surface area contributed by atoms with Gasteiger partial charge in [-0.15, -0.1) is 0 Å². The maximum absolute atomic E-state index is 11.1. The van der Waals surface area contributed by atoms with Crippen LogP contribution in [0.1, 0.15) is 277 Å². The van der Waals surface area contributed by atoms with Crippen molar-refractivity contribution in [3.8, 4) is 0 Å². The second kappa shape index (κ2) is 61.0. The molecule has 6 unspecified atom stereocenters. The van der Waals surface area contributed by atoms with Crippen LogP contribution in [0.4, 0.5) is 0 Å². The molecule has 14 heterocycles. The highest BCUT2D eigenvalue weighted by molar-refractivity contribution is 7.91. The smallest absolute Gasteiger partial charge is 0.234 e. The highest BCUT2D eigenvalue weighted by atomic mass is 32.2. The Kier molecular flexibility index (Phi) is 56.6. The van der Waals surface area contributed by atoms with Gasteiger partial charge in [-0.3, -0.25) is 19.5 Å². The Labute approximate surface area is 774 Å². The van der Waals surface area contributed by atoms with Crippen LogP contribution in [0, 0.1) is 116 Å². The maximum atomic E-state index is 11.1. The third-order valence-electron chi connectivity index (χ3n) is 25.7. The van der Waals surface area contributed by atoms with Gasteiger partial charge >= 0.3 is 0 Å². The molecule has 15 rings (SSSR count). The Morgan fingerprint density at radius 1 is 0.400 bits per heavy atom. The number of nitrogens with one attached hydrogen (secondary N) is 4. The first-order chi connectivity index (χ1) is 58.6. The summed E-state index contributed by atoms with van der Waals surface area (Å²) in [7, 11) is -2.69. The summed E-state index contributed by atoms with van der Waals surface area (Å²) in [6.45, 7) is 105. The summed E-state index contributed by atoms with van der Waals surface area (Å²) in [4.78, 5) is 28.0. The van der Waals surface area contributed by atoms with E-state index in [0.29, 0.717) is 63.1 Å². The van der Waals surface area contributed by atoms with Crippen LogP contribution in [0.25, 0.3) is 0 Å². The number of hydrogen-bond donors (Lipinski definition) is 4. The van der Waals surface area contributed by atoms with Crippen LogP contribution in [-0.4, -0.2) is 322 Å². The van der Waals surface area contributed by atoms with E-state index in [2.05, 4.69) is 249 Å². The maximum Gasteiger partial charge on any atom is 0.234 e. The lowest BCUT2D eigenvalue weighted by Crippen LogP contribution is -2.66. The van der Waals surface area contributed by atoms with Crippen molar-refractivity contribution >= 4 is 15.7 Å². The molecule has 15 fully saturated rings. The number of amides is 1. The van der Waals surface area contributed by atoms with Crippen molar-refractivity contribution < 1.29 is 41.6 Å². The van der Waals surface area contributed by atoms with Crippen molar-refractivity contribution in [2.24, 2.45) is 116 Å². The number of carbonyl (C=O) groups excluding carboxylic acids is 1. The molecular formula is C104H211N11O9S. The number of likely N-dealkylation sites (tertiary alicyclic amines) is 3. The summed E-state index contributed by atoms with van der Waals surface area (Å²) in [5.74, 6) is 13.6. The molecule has 0 aromatic carbocycles. The minimum atomic E-state index is -2.69. The lowest BCUT2D eigenvalue weighted by molar-refractivity contribution is -0.190. The third kappa shape index (κ3) is 58.0. The van der Waals surface area contributed by atoms with Gasteiger partial charge in [0.1, 0.15) is 0 Å². The van der Waals surface area contributed by atoms with Crippen LogP contribution in [0.5, 0.6) is 0 Å². The van der Waals surface area contributed by atoms with E-state index in [9.17, 15) is 13.2 Å². The van der Waals surface area contributed by atoms with Gasteiger partial charge in [-0.05, 0) is 208 Å². The molecule has 1 spiro atoms. The van der Waals surface area contributed by atoms with Crippen molar-refractivity contribution in [1.29, 1.82) is 0 Å². The molecule has 1 aliphatic carbocycles. The number of piperazine rings is 2. The van der Waals surface area contributed by atoms with Crippen LogP contribution in [0.2, 0.25) is 0 Å². The monoisotopic (exact) mass is 1790 g/mol. The second-order valence-corrected chi connectivity index (χ2v) is 51.2. The van der Waals surface area contributed by atoms with Gasteiger partial charge in [0.2, 0.25) is 5.91 Å². The van der Waals surface area contributed by atoms with Crippen LogP contribution in [0.15, 0.2) is 0 Å². The van der Waals surface area contributed by atoms with Crippen molar-refractivity contribution in [3.05, 3.63) is 0 Å². The molecule has 0 radical (unpaired) electrons. The zero-order valence-corrected chi connectivity index (χ0v) is 88.3. The largest absolute Gasteiger partial charge is 0.381 e. The van der Waals surface area contributed by atoms with E-state index in [1.165, 1.54) is 188 Å². The van der Waals surface area contributed by atoms with E-state index in [4.69, 9.17) is 28.4 Å². The molecule has 742 valence electrons. The molecule has 20 nitrogen and oxygen atoms in total. The van der Waals surface area contributed by atoms with Crippen molar-refractivity contribution in [2.75, 3.05) is 261 Å². The van der Waals surface area contributed by atoms with E-state index in [0.717, 1.165) is 221 Å². The van der Waals surface area contributed by atoms with Crippen LogP contribution >= 0.6 is 0 Å². The number of carbonyl (C=O) groups is 1. The van der Waals surface area contributed by atoms with Gasteiger partial charge in [0.25, 0.3) is 0 Å². The average molecular weight is 1790 g/mol. The Bertz CT molecular complexity index is 2650. The fraction of sp³-hybridized carbons (Fsp3) is 0.990. The zero-order valence-electron chi connectivity index (χ0n) is 87.5. The first-order valence-electron chi connectivity index (χ1n) is 51.8. The zero-order chi connectivity index (χ0) is 93.0. The first kappa shape index (κ1) is 116. The van der Waals surface area contributed by atoms with Crippen LogP contribution in [0.3, 0.4) is 0 Å². The van der Waals surface area contributed by atoms with E-state index in [-0.39, 0.29) is 5.91 Å². The number of ether oxygens (including phenoxy) is 6. The molecule has 0 aromatic heterocycles. The average Bonchev–Trinajstić information content (AvgIpc) is 1.71. The number of sulfone groups is 1. The molecular weight excluding hydrogens is 1580 g/mol. The Balaban J connectivity index is 0.000000287. The van der Waals surface area contributed by atoms with Gasteiger partial charge in [0.05, 0.1) is 70.4 Å². The molecule has 14 aliphatic heterocycles. The van der Waals surface area contributed by atoms with Gasteiger partial charge < -0.3 is 69.3 Å². The molecule has 125 heavy (non-hydrogen) atoms. The Morgan fingerprint density at radius 2 is 0.848 bits per heavy atom. The minimum Gasteiger partial charge on any atom is -0.381 e. The Hall–Kier alpha value is -1.22. The lowest BCUT2D eigenvalue weighted by Gasteiger charge is -2.55. The SMILES string of the molecule is CC(C)(C)C1CC1.CC(C)(C)CC1CCNCC1.CC(C)(C)CC1CCOCC1.CC(C)(C)CN1CCNCC1.CC(C)CC1CCNC1.CC(C)CC1CCOC1.CC(C)CN1CC2(COC2)C1.CC(C)CN1CC2CC1CO2.CC(C)CN1CC2COCC2C1.CC(C)CN1CCNC(=O)C1.CC(C)CN1CCOCC1.CC(C)CN1CCS(=O)(=O)CC1. The highest BCUT2D eigenvalue weighted by Crippen LogP contribution is 2.44. The third-order valence-corrected chi connectivity index (χ3v) is 27.4. The van der Waals surface area contributed by atoms with E-state index < -0.39 is 9.84 Å². The minimum absolute atomic E-state index is 0.164. The van der Waals surface area contributed by atoms with Crippen molar-refractivity contribution in [2.45, 2.75) is 289 Å². The number of morpholine rings is 2. The van der Waals surface area contributed by atoms with E-state index in [1.807, 2.05) is 0 Å². The molecule has 2 bridgehead atoms. The summed E-state index contributed by atoms with van der Waals surface area (Å²) >= 11 is 0. The van der Waals surface area contributed by atoms with Gasteiger partial charge in [0, 0.05) is 194 Å². The summed E-state index contributed by atoms with van der Waals surface area (Å²) in [5.41, 5.74) is 2.70. The van der Waals surface area contributed by atoms with Gasteiger partial charge in [-0.25, -0.2) is 8.42 Å². The molecule has 15 aliphatic rings. The molecule has 14 saturated heterocycles. The van der Waals surface area contributed by atoms with Crippen LogP contribution in [-0.2, 0) is 43.1 Å². The summed E-state index contributed by atoms with van der Waals surface area (Å²) in [6.07, 6.45) is 18.3. The van der Waals surface area contributed by atoms with Crippen LogP contribution < -0.4 is 21.3 Å². The normalized spacial score (nSPS) is 26.3. The summed E-state index contributed by atoms with van der Waals surface area (Å²) in [5, 5.41) is 12.9. The molecule has 0 aromatic rings. The van der Waals surface area contributed by atoms with E-state index >= 15 is 0 Å². The molecule has 1 saturated carbocycles. The number of hydrogen-bond acceptors (Lipinski definition) is 19. The quantitative estimate of drug-likeness (QED) is 0.0959. The summed E-state index contributed by atoms with van der Waals surface area (Å²) in [6, 6.07) is 0.752. The standard InChI is InChI=1S/C10H19NO.C10H21N.C10H20O.C9H20N2.2C9H17NO.C8H16N2O.C8H17NO2S.C8H17NO.C8H17N.C8H16O.C7H14/c1-8(2)3-11-4-9-6-12-7-10(9)5-11;2*1-10(2,3)8-9-4-6-11-7-5-9;1-9(2,3)8-11-6-4-10-5-7-11;1-8(2)3-10-4-9(5-10)6-11-7-9;1-7(2)4-10-5-9-3-8(10)6-11-9;1-7(2)5-10-4-3-9-8(11)6-10;1-8(2)7-9-3-5-12(10,11)6-4-9;1-8(2)7-9-3-5-10-6-4-9;2*1-7(2)5-8-3-4-9-6-8;1-7(2,3)6-4-5-6/h8-10H,3-7H2,1-2H3;9,11H,4-8H2,1-3H3;9H,4-8H2,1-3H3;10H,4-8H2,1-3H3;8H,3-7H2,1-2H3;7-9H,3-6H2,1-2H3;7H,3-6H2,1-2H3,(H,9,11);8H,3-7H2,1-2H3;8H,3-7H2,1-2H3;7-9H,3-6H2,1-2H3;7-8H,3-6H2,1-2H3;6H,4-5H2,1-3H3. The molecule has 1 amide bonds. The summed E-state index contributed by atoms with van der Waals surface area (Å²) < 4.78 is 54.1. The Morgan fingerprint density at radius 3 is 1.26 bits per heavy atom. The lowest BCUT2D eigenvalue weighted by atomic mass is 9.78. The number of rotatable bonds is 19. The second-order valence-electron chi connectivity index (χ2n) is 48.9. The number of fused-ring (bicyclic) bond motifs is 3. The topological polar surface area (TPSA) is 177 Å².